The third-order valence-electron chi connectivity index (χ3n) is 4.11. The van der Waals surface area contributed by atoms with Crippen molar-refractivity contribution in [3.63, 3.8) is 0 Å². The smallest absolute Gasteiger partial charge is 0.184 e. The van der Waals surface area contributed by atoms with Gasteiger partial charge in [0.05, 0.1) is 26.5 Å². The van der Waals surface area contributed by atoms with Crippen LogP contribution in [0.4, 0.5) is 0 Å². The van der Waals surface area contributed by atoms with Crippen LogP contribution in [0.3, 0.4) is 0 Å². The topological polar surface area (TPSA) is 78.1 Å². The lowest BCUT2D eigenvalue weighted by molar-refractivity contribution is 0.240. The van der Waals surface area contributed by atoms with Crippen LogP contribution < -0.4 is 25.4 Å². The van der Waals surface area contributed by atoms with E-state index in [0.717, 1.165) is 17.7 Å². The maximum Gasteiger partial charge on any atom is 0.184 e. The first kappa shape index (κ1) is 22.5. The van der Waals surface area contributed by atoms with Crippen LogP contribution >= 0.6 is 12.2 Å². The number of hydrogen-bond acceptors (Lipinski definition) is 5. The molecule has 0 bridgehead atoms. The van der Waals surface area contributed by atoms with Crippen LogP contribution in [-0.4, -0.2) is 31.7 Å². The molecule has 2 rings (SSSR count). The molecule has 0 fully saturated rings. The molecule has 0 aromatic heterocycles. The maximum atomic E-state index is 5.82. The van der Waals surface area contributed by atoms with Gasteiger partial charge in [-0.25, -0.2) is 0 Å². The minimum atomic E-state index is 0.112. The van der Waals surface area contributed by atoms with Crippen LogP contribution in [0.5, 0.6) is 17.2 Å². The van der Waals surface area contributed by atoms with Crippen LogP contribution in [0.1, 0.15) is 38.3 Å². The Morgan fingerprint density at radius 3 is 2.38 bits per heavy atom. The fourth-order valence-electron chi connectivity index (χ4n) is 2.54. The predicted octanol–water partition coefficient (Wildman–Crippen LogP) is 4.01. The van der Waals surface area contributed by atoms with Crippen LogP contribution in [0.15, 0.2) is 47.6 Å². The molecule has 0 aliphatic carbocycles. The van der Waals surface area contributed by atoms with E-state index in [9.17, 15) is 0 Å². The lowest BCUT2D eigenvalue weighted by Crippen LogP contribution is -2.23. The number of hydrazone groups is 1. The molecule has 0 heterocycles. The van der Waals surface area contributed by atoms with Gasteiger partial charge < -0.3 is 19.9 Å². The van der Waals surface area contributed by atoms with E-state index in [1.807, 2.05) is 30.3 Å². The van der Waals surface area contributed by atoms with Crippen molar-refractivity contribution >= 4 is 23.5 Å². The highest BCUT2D eigenvalue weighted by atomic mass is 32.1. The number of benzene rings is 2. The Hall–Kier alpha value is -2.80. The Balaban J connectivity index is 1.79. The number of hydrogen-bond donors (Lipinski definition) is 2. The molecule has 156 valence electrons. The number of nitrogens with zero attached hydrogens (tertiary/aromatic N) is 1. The van der Waals surface area contributed by atoms with Crippen molar-refractivity contribution in [1.82, 2.24) is 5.43 Å². The highest BCUT2D eigenvalue weighted by molar-refractivity contribution is 7.80. The maximum absolute atomic E-state index is 5.82. The summed E-state index contributed by atoms with van der Waals surface area (Å²) in [5.74, 6) is 2.16. The van der Waals surface area contributed by atoms with Gasteiger partial charge in [0.1, 0.15) is 5.75 Å². The molecule has 0 aliphatic heterocycles. The molecule has 29 heavy (non-hydrogen) atoms. The highest BCUT2D eigenvalue weighted by Gasteiger charge is 2.13. The van der Waals surface area contributed by atoms with Crippen molar-refractivity contribution in [1.29, 1.82) is 0 Å². The average molecular weight is 416 g/mol. The summed E-state index contributed by atoms with van der Waals surface area (Å²) < 4.78 is 17.0. The number of nitrogens with two attached hydrogens (primary N) is 1. The van der Waals surface area contributed by atoms with Gasteiger partial charge in [0, 0.05) is 6.42 Å². The fourth-order valence-corrected chi connectivity index (χ4v) is 2.59. The van der Waals surface area contributed by atoms with E-state index in [2.05, 4.69) is 43.4 Å². The standard InChI is InChI=1S/C22H29N3O3S/c1-22(2,3)17-7-9-18(10-8-17)27-12-5-13-28-19-11-6-16(14-20(19)26-4)15-24-25-21(23)29/h6-11,14-15H,5,12-13H2,1-4H3,(H3,23,25,29). The van der Waals surface area contributed by atoms with Crippen molar-refractivity contribution in [3.8, 4) is 17.2 Å². The molecule has 6 nitrogen and oxygen atoms in total. The second-order valence-electron chi connectivity index (χ2n) is 7.47. The Labute approximate surface area is 178 Å². The third kappa shape index (κ3) is 7.62. The number of rotatable bonds is 9. The second kappa shape index (κ2) is 10.7. The Kier molecular flexibility index (Phi) is 8.27. The number of nitrogens with one attached hydrogen (secondary N) is 1. The van der Waals surface area contributed by atoms with Crippen LogP contribution in [-0.2, 0) is 5.41 Å². The first-order valence-corrected chi connectivity index (χ1v) is 9.83. The van der Waals surface area contributed by atoms with Crippen molar-refractivity contribution in [2.45, 2.75) is 32.6 Å². The summed E-state index contributed by atoms with van der Waals surface area (Å²) in [6.45, 7) is 7.68. The minimum absolute atomic E-state index is 0.112. The molecular weight excluding hydrogens is 386 g/mol. The second-order valence-corrected chi connectivity index (χ2v) is 7.91. The number of thiocarbonyl (C=S) groups is 1. The summed E-state index contributed by atoms with van der Waals surface area (Å²) in [5.41, 5.74) is 10.1. The predicted molar refractivity (Wildman–Crippen MR) is 121 cm³/mol. The first-order valence-electron chi connectivity index (χ1n) is 9.42. The molecule has 7 heteroatoms. The van der Waals surface area contributed by atoms with E-state index in [0.29, 0.717) is 24.7 Å². The largest absolute Gasteiger partial charge is 0.493 e. The third-order valence-corrected chi connectivity index (χ3v) is 4.20. The van der Waals surface area contributed by atoms with Gasteiger partial charge in [0.2, 0.25) is 0 Å². The van der Waals surface area contributed by atoms with Crippen molar-refractivity contribution in [2.75, 3.05) is 20.3 Å². The first-order chi connectivity index (χ1) is 13.8. The summed E-state index contributed by atoms with van der Waals surface area (Å²) in [4.78, 5) is 0. The van der Waals surface area contributed by atoms with E-state index < -0.39 is 0 Å². The van der Waals surface area contributed by atoms with Gasteiger partial charge in [0.25, 0.3) is 0 Å². The lowest BCUT2D eigenvalue weighted by Gasteiger charge is -2.19. The molecule has 0 atom stereocenters. The van der Waals surface area contributed by atoms with E-state index in [4.69, 9.17) is 32.2 Å². The van der Waals surface area contributed by atoms with Crippen molar-refractivity contribution < 1.29 is 14.2 Å². The molecule has 0 spiro atoms. The number of methoxy groups -OCH3 is 1. The molecule has 0 unspecified atom stereocenters. The Morgan fingerprint density at radius 2 is 1.76 bits per heavy atom. The van der Waals surface area contributed by atoms with Gasteiger partial charge in [-0.05, 0) is 59.1 Å². The molecule has 2 aromatic carbocycles. The highest BCUT2D eigenvalue weighted by Crippen LogP contribution is 2.28. The summed E-state index contributed by atoms with van der Waals surface area (Å²) >= 11 is 4.70. The lowest BCUT2D eigenvalue weighted by atomic mass is 9.87. The zero-order valence-corrected chi connectivity index (χ0v) is 18.2. The van der Waals surface area contributed by atoms with Crippen LogP contribution in [0, 0.1) is 0 Å². The molecule has 0 saturated heterocycles. The zero-order chi connectivity index (χ0) is 21.3. The molecule has 2 aromatic rings. The average Bonchev–Trinajstić information content (AvgIpc) is 2.67. The molecule has 0 saturated carbocycles. The van der Waals surface area contributed by atoms with Gasteiger partial charge in [-0.3, -0.25) is 5.43 Å². The molecule has 0 radical (unpaired) electrons. The van der Waals surface area contributed by atoms with Gasteiger partial charge in [-0.15, -0.1) is 0 Å². The van der Waals surface area contributed by atoms with Crippen molar-refractivity contribution in [3.05, 3.63) is 53.6 Å². The normalized spacial score (nSPS) is 11.3. The minimum Gasteiger partial charge on any atom is -0.493 e. The SMILES string of the molecule is COc1cc(C=NNC(N)=S)ccc1OCCCOc1ccc(C(C)(C)C)cc1. The van der Waals surface area contributed by atoms with E-state index >= 15 is 0 Å². The van der Waals surface area contributed by atoms with Gasteiger partial charge in [-0.1, -0.05) is 32.9 Å². The van der Waals surface area contributed by atoms with Gasteiger partial charge in [0.15, 0.2) is 16.6 Å². The molecule has 3 N–H and O–H groups in total. The quantitative estimate of drug-likeness (QED) is 0.279. The van der Waals surface area contributed by atoms with E-state index in [-0.39, 0.29) is 10.5 Å². The van der Waals surface area contributed by atoms with Gasteiger partial charge >= 0.3 is 0 Å². The summed E-state index contributed by atoms with van der Waals surface area (Å²) in [6, 6.07) is 13.8. The fraction of sp³-hybridized carbons (Fsp3) is 0.364. The molecular formula is C22H29N3O3S. The zero-order valence-electron chi connectivity index (χ0n) is 17.4. The summed E-state index contributed by atoms with van der Waals surface area (Å²) in [7, 11) is 1.60. The van der Waals surface area contributed by atoms with E-state index in [1.165, 1.54) is 5.56 Å². The Morgan fingerprint density at radius 1 is 1.07 bits per heavy atom. The van der Waals surface area contributed by atoms with Crippen LogP contribution in [0.2, 0.25) is 0 Å². The Bertz CT molecular complexity index is 830. The molecule has 0 aliphatic rings. The van der Waals surface area contributed by atoms with Crippen LogP contribution in [0.25, 0.3) is 0 Å². The number of ether oxygens (including phenoxy) is 3. The van der Waals surface area contributed by atoms with Crippen molar-refractivity contribution in [2.24, 2.45) is 10.8 Å². The molecule has 0 amide bonds. The summed E-state index contributed by atoms with van der Waals surface area (Å²) in [5, 5.41) is 4.04. The summed E-state index contributed by atoms with van der Waals surface area (Å²) in [6.07, 6.45) is 2.36. The van der Waals surface area contributed by atoms with Gasteiger partial charge in [-0.2, -0.15) is 5.10 Å². The van der Waals surface area contributed by atoms with E-state index in [1.54, 1.807) is 13.3 Å². The monoisotopic (exact) mass is 415 g/mol.